The summed E-state index contributed by atoms with van der Waals surface area (Å²) in [7, 11) is 0.500. The minimum absolute atomic E-state index is 0.318. The topological polar surface area (TPSA) is 38.3 Å². The Morgan fingerprint density at radius 1 is 1.26 bits per heavy atom. The van der Waals surface area contributed by atoms with Crippen molar-refractivity contribution in [2.24, 2.45) is 0 Å². The predicted octanol–water partition coefficient (Wildman–Crippen LogP) is 3.59. The maximum absolute atomic E-state index is 9.60. The fraction of sp³-hybridized carbons (Fsp3) is 0.533. The highest BCUT2D eigenvalue weighted by atomic mass is 19.1. The molecule has 108 valence electrons. The zero-order chi connectivity index (χ0) is 14.7. The largest absolute Gasteiger partial charge is 0.462 e. The first kappa shape index (κ1) is 17.4. The van der Waals surface area contributed by atoms with Gasteiger partial charge in [0.25, 0.3) is 6.47 Å². The number of fused-ring (bicyclic) bond motifs is 1. The van der Waals surface area contributed by atoms with E-state index in [0.717, 1.165) is 6.54 Å². The molecule has 2 rings (SSSR count). The number of carbonyl (C=O) groups is 1. The molecule has 0 bridgehead atoms. The molecule has 1 aromatic rings. The smallest absolute Gasteiger partial charge is 0.293 e. The number of carbonyl (C=O) groups excluding carboxylic acids is 1. The van der Waals surface area contributed by atoms with Gasteiger partial charge in [0, 0.05) is 12.2 Å². The molecule has 0 radical (unpaired) electrons. The van der Waals surface area contributed by atoms with Gasteiger partial charge >= 0.3 is 0 Å². The van der Waals surface area contributed by atoms with Crippen LogP contribution in [0.5, 0.6) is 0 Å². The molecule has 0 aliphatic carbocycles. The molecule has 0 amide bonds. The highest BCUT2D eigenvalue weighted by molar-refractivity contribution is 5.52. The van der Waals surface area contributed by atoms with Gasteiger partial charge in [-0.25, -0.2) is 0 Å². The van der Waals surface area contributed by atoms with Crippen LogP contribution in [0.2, 0.25) is 0 Å². The molecule has 3 nitrogen and oxygen atoms in total. The van der Waals surface area contributed by atoms with Crippen molar-refractivity contribution in [1.82, 2.24) is 0 Å². The molecule has 0 saturated heterocycles. The second-order valence-corrected chi connectivity index (χ2v) is 5.01. The standard InChI is InChI=1S/C9H11N.C5H10O2.CH3F/c1-2-6-9-8(4-1)5-3-7-10-9;1-5(2,3)7-4-6;1-2/h1-2,4,6,10H,3,5,7H2;4H,1-3H3;1H3. The minimum Gasteiger partial charge on any atom is -0.462 e. The SMILES string of the molecule is CC(C)(C)OC=O.CF.c1ccc2c(c1)CCCN2. The summed E-state index contributed by atoms with van der Waals surface area (Å²) in [6, 6.07) is 8.53. The molecule has 1 aromatic carbocycles. The molecule has 0 fully saturated rings. The normalized spacial score (nSPS) is 12.5. The Morgan fingerprint density at radius 2 is 1.89 bits per heavy atom. The third-order valence-electron chi connectivity index (χ3n) is 2.36. The summed E-state index contributed by atoms with van der Waals surface area (Å²) in [4.78, 5) is 9.60. The Balaban J connectivity index is 0.000000321. The van der Waals surface area contributed by atoms with Crippen molar-refractivity contribution in [3.8, 4) is 0 Å². The van der Waals surface area contributed by atoms with E-state index in [1.807, 2.05) is 20.8 Å². The summed E-state index contributed by atoms with van der Waals surface area (Å²) in [5.41, 5.74) is 2.48. The van der Waals surface area contributed by atoms with E-state index in [4.69, 9.17) is 0 Å². The maximum Gasteiger partial charge on any atom is 0.293 e. The summed E-state index contributed by atoms with van der Waals surface area (Å²) >= 11 is 0. The summed E-state index contributed by atoms with van der Waals surface area (Å²) in [5.74, 6) is 0. The Kier molecular flexibility index (Phi) is 8.58. The van der Waals surface area contributed by atoms with Gasteiger partial charge in [-0.3, -0.25) is 9.18 Å². The predicted molar refractivity (Wildman–Crippen MR) is 77.2 cm³/mol. The van der Waals surface area contributed by atoms with Crippen molar-refractivity contribution >= 4 is 12.2 Å². The lowest BCUT2D eigenvalue weighted by atomic mass is 10.0. The lowest BCUT2D eigenvalue weighted by Gasteiger charge is -2.16. The van der Waals surface area contributed by atoms with Crippen molar-refractivity contribution in [1.29, 1.82) is 0 Å². The van der Waals surface area contributed by atoms with Gasteiger partial charge in [0.1, 0.15) is 5.60 Å². The van der Waals surface area contributed by atoms with Crippen LogP contribution in [-0.4, -0.2) is 25.8 Å². The first-order valence-corrected chi connectivity index (χ1v) is 6.34. The van der Waals surface area contributed by atoms with Gasteiger partial charge in [0.2, 0.25) is 0 Å². The average molecular weight is 269 g/mol. The van der Waals surface area contributed by atoms with Crippen LogP contribution in [0.3, 0.4) is 0 Å². The van der Waals surface area contributed by atoms with Crippen LogP contribution < -0.4 is 5.32 Å². The summed E-state index contributed by atoms with van der Waals surface area (Å²) in [5, 5.41) is 3.36. The van der Waals surface area contributed by atoms with E-state index in [2.05, 4.69) is 34.3 Å². The Morgan fingerprint density at radius 3 is 2.37 bits per heavy atom. The number of alkyl halides is 1. The molecule has 0 unspecified atom stereocenters. The quantitative estimate of drug-likeness (QED) is 0.792. The molecule has 0 saturated carbocycles. The number of rotatable bonds is 1. The van der Waals surface area contributed by atoms with Gasteiger partial charge < -0.3 is 10.1 Å². The summed E-state index contributed by atoms with van der Waals surface area (Å²) < 4.78 is 14.0. The number of halogens is 1. The third-order valence-corrected chi connectivity index (χ3v) is 2.36. The Labute approximate surface area is 115 Å². The molecule has 1 heterocycles. The highest BCUT2D eigenvalue weighted by Crippen LogP contribution is 2.20. The Hall–Kier alpha value is -1.58. The summed E-state index contributed by atoms with van der Waals surface area (Å²) in [6.45, 7) is 7.06. The van der Waals surface area contributed by atoms with E-state index in [9.17, 15) is 9.18 Å². The summed E-state index contributed by atoms with van der Waals surface area (Å²) in [6.07, 6.45) is 2.51. The van der Waals surface area contributed by atoms with Crippen LogP contribution >= 0.6 is 0 Å². The van der Waals surface area contributed by atoms with Crippen LogP contribution in [0.1, 0.15) is 32.8 Å². The molecule has 4 heteroatoms. The lowest BCUT2D eigenvalue weighted by molar-refractivity contribution is -0.138. The highest BCUT2D eigenvalue weighted by Gasteiger charge is 2.07. The number of ether oxygens (including phenoxy) is 1. The van der Waals surface area contributed by atoms with Crippen molar-refractivity contribution in [2.75, 3.05) is 19.0 Å². The van der Waals surface area contributed by atoms with E-state index < -0.39 is 0 Å². The van der Waals surface area contributed by atoms with Crippen LogP contribution in [0.25, 0.3) is 0 Å². The monoisotopic (exact) mass is 269 g/mol. The number of hydrogen-bond acceptors (Lipinski definition) is 3. The second-order valence-electron chi connectivity index (χ2n) is 5.01. The zero-order valence-electron chi connectivity index (χ0n) is 12.2. The molecular formula is C15H24FNO2. The van der Waals surface area contributed by atoms with E-state index in [0.29, 0.717) is 13.6 Å². The van der Waals surface area contributed by atoms with E-state index >= 15 is 0 Å². The van der Waals surface area contributed by atoms with Crippen LogP contribution in [0.4, 0.5) is 10.1 Å². The van der Waals surface area contributed by atoms with Crippen LogP contribution in [-0.2, 0) is 16.0 Å². The van der Waals surface area contributed by atoms with E-state index in [-0.39, 0.29) is 5.60 Å². The first-order chi connectivity index (χ1) is 9.03. The molecule has 1 aliphatic heterocycles. The zero-order valence-corrected chi connectivity index (χ0v) is 12.2. The number of para-hydroxylation sites is 1. The van der Waals surface area contributed by atoms with Crippen LogP contribution in [0.15, 0.2) is 24.3 Å². The van der Waals surface area contributed by atoms with Gasteiger partial charge in [-0.1, -0.05) is 18.2 Å². The van der Waals surface area contributed by atoms with Crippen LogP contribution in [0, 0.1) is 0 Å². The van der Waals surface area contributed by atoms with Crippen molar-refractivity contribution in [3.05, 3.63) is 29.8 Å². The van der Waals surface area contributed by atoms with E-state index in [1.165, 1.54) is 24.1 Å². The molecule has 0 aromatic heterocycles. The number of aryl methyl sites for hydroxylation is 1. The lowest BCUT2D eigenvalue weighted by Crippen LogP contribution is -2.17. The maximum atomic E-state index is 9.60. The molecule has 0 spiro atoms. The molecule has 19 heavy (non-hydrogen) atoms. The fourth-order valence-corrected chi connectivity index (χ4v) is 1.56. The fourth-order valence-electron chi connectivity index (χ4n) is 1.56. The number of benzene rings is 1. The molecule has 1 aliphatic rings. The van der Waals surface area contributed by atoms with Gasteiger partial charge in [-0.15, -0.1) is 0 Å². The van der Waals surface area contributed by atoms with Gasteiger partial charge in [0.15, 0.2) is 0 Å². The van der Waals surface area contributed by atoms with E-state index in [1.54, 1.807) is 0 Å². The minimum atomic E-state index is -0.318. The molecular weight excluding hydrogens is 245 g/mol. The second kappa shape index (κ2) is 9.36. The molecule has 1 N–H and O–H groups in total. The van der Waals surface area contributed by atoms with Crippen molar-refractivity contribution in [2.45, 2.75) is 39.2 Å². The average Bonchev–Trinajstić information content (AvgIpc) is 2.41. The number of anilines is 1. The molecule has 0 atom stereocenters. The number of hydrogen-bond donors (Lipinski definition) is 1. The third kappa shape index (κ3) is 8.19. The van der Waals surface area contributed by atoms with Gasteiger partial charge in [-0.05, 0) is 45.2 Å². The number of nitrogens with one attached hydrogen (secondary N) is 1. The van der Waals surface area contributed by atoms with Crippen molar-refractivity contribution < 1.29 is 13.9 Å². The van der Waals surface area contributed by atoms with Gasteiger partial charge in [-0.2, -0.15) is 0 Å². The van der Waals surface area contributed by atoms with Gasteiger partial charge in [0.05, 0.1) is 7.18 Å². The van der Waals surface area contributed by atoms with Crippen molar-refractivity contribution in [3.63, 3.8) is 0 Å². The first-order valence-electron chi connectivity index (χ1n) is 6.34. The Bertz CT molecular complexity index is 336.